The molecule has 1 N–H and O–H groups in total. The number of methoxy groups -OCH3 is 1. The summed E-state index contributed by atoms with van der Waals surface area (Å²) in [6, 6.07) is 7.62. The lowest BCUT2D eigenvalue weighted by Crippen LogP contribution is -2.38. The largest absolute Gasteiger partial charge is 0.496 e. The summed E-state index contributed by atoms with van der Waals surface area (Å²) in [6.07, 6.45) is -0.489. The number of nitrogens with one attached hydrogen (secondary N) is 1. The number of dihydropyridines is 1. The maximum atomic E-state index is 14.1. The molecular weight excluding hydrogens is 406 g/mol. The van der Waals surface area contributed by atoms with Crippen molar-refractivity contribution in [1.29, 1.82) is 0 Å². The van der Waals surface area contributed by atoms with Crippen molar-refractivity contribution in [2.45, 2.75) is 44.1 Å². The van der Waals surface area contributed by atoms with Crippen LogP contribution in [0.25, 0.3) is 0 Å². The Balaban J connectivity index is 1.51. The van der Waals surface area contributed by atoms with Crippen molar-refractivity contribution in [3.8, 4) is 5.75 Å². The van der Waals surface area contributed by atoms with Crippen molar-refractivity contribution in [2.24, 2.45) is 0 Å². The van der Waals surface area contributed by atoms with Gasteiger partial charge in [-0.2, -0.15) is 0 Å². The van der Waals surface area contributed by atoms with Gasteiger partial charge in [-0.25, -0.2) is 13.6 Å². The number of rotatable bonds is 4. The summed E-state index contributed by atoms with van der Waals surface area (Å²) in [5.74, 6) is -3.25. The minimum atomic E-state index is -3.09. The molecule has 6 nitrogen and oxygen atoms in total. The maximum Gasteiger partial charge on any atom is 0.336 e. The number of ether oxygens (including phenoxy) is 2. The van der Waals surface area contributed by atoms with Gasteiger partial charge in [0.2, 0.25) is 0 Å². The highest BCUT2D eigenvalue weighted by Gasteiger charge is 2.50. The number of benzene rings is 1. The van der Waals surface area contributed by atoms with Gasteiger partial charge in [-0.3, -0.25) is 9.69 Å². The van der Waals surface area contributed by atoms with E-state index in [2.05, 4.69) is 5.32 Å². The van der Waals surface area contributed by atoms with E-state index in [0.29, 0.717) is 24.1 Å². The highest BCUT2D eigenvalue weighted by Crippen LogP contribution is 2.41. The van der Waals surface area contributed by atoms with Gasteiger partial charge in [-0.15, -0.1) is 0 Å². The van der Waals surface area contributed by atoms with E-state index in [1.165, 1.54) is 4.90 Å². The number of likely N-dealkylation sites (tertiary alicyclic amines) is 1. The molecule has 1 fully saturated rings. The molecule has 0 aromatic heterocycles. The van der Waals surface area contributed by atoms with Gasteiger partial charge >= 0.3 is 5.97 Å². The monoisotopic (exact) mass is 432 g/mol. The predicted octanol–water partition coefficient (Wildman–Crippen LogP) is 3.16. The number of ketones is 1. The second-order valence-corrected chi connectivity index (χ2v) is 8.48. The summed E-state index contributed by atoms with van der Waals surface area (Å²) in [6.45, 7) is 1.24. The Morgan fingerprint density at radius 2 is 2.00 bits per heavy atom. The molecule has 2 atom stereocenters. The SMILES string of the molecule is COc1ccccc1[C@H]1CC(=O)C2=C(C1)NC(C)=C(C(=O)O[C@H]1CN(C)CC1(F)F)C2. The van der Waals surface area contributed by atoms with Crippen LogP contribution in [-0.4, -0.2) is 55.9 Å². The molecule has 4 rings (SSSR count). The van der Waals surface area contributed by atoms with E-state index in [9.17, 15) is 18.4 Å². The fraction of sp³-hybridized carbons (Fsp3) is 0.478. The fourth-order valence-corrected chi connectivity index (χ4v) is 4.62. The van der Waals surface area contributed by atoms with Gasteiger partial charge in [-0.05, 0) is 32.0 Å². The summed E-state index contributed by atoms with van der Waals surface area (Å²) >= 11 is 0. The Kier molecular flexibility index (Phi) is 5.60. The number of Topliss-reactive ketones (excluding diaryl/α,β-unsaturated/α-hetero) is 1. The average Bonchev–Trinajstić information content (AvgIpc) is 2.98. The van der Waals surface area contributed by atoms with Crippen LogP contribution in [0.4, 0.5) is 8.78 Å². The molecule has 166 valence electrons. The zero-order chi connectivity index (χ0) is 22.3. The topological polar surface area (TPSA) is 67.9 Å². The lowest BCUT2D eigenvalue weighted by molar-refractivity contribution is -0.159. The van der Waals surface area contributed by atoms with Crippen LogP contribution < -0.4 is 10.1 Å². The molecule has 0 amide bonds. The first kappa shape index (κ1) is 21.5. The van der Waals surface area contributed by atoms with Crippen LogP contribution in [0.15, 0.2) is 46.8 Å². The van der Waals surface area contributed by atoms with Crippen LogP contribution in [0.3, 0.4) is 0 Å². The van der Waals surface area contributed by atoms with Crippen molar-refractivity contribution in [1.82, 2.24) is 10.2 Å². The smallest absolute Gasteiger partial charge is 0.336 e. The molecule has 8 heteroatoms. The fourth-order valence-electron chi connectivity index (χ4n) is 4.62. The molecule has 3 aliphatic rings. The first-order chi connectivity index (χ1) is 14.7. The van der Waals surface area contributed by atoms with Gasteiger partial charge in [0.25, 0.3) is 5.92 Å². The number of nitrogens with zero attached hydrogens (tertiary/aromatic N) is 1. The van der Waals surface area contributed by atoms with Gasteiger partial charge in [0.05, 0.1) is 19.2 Å². The molecule has 0 saturated carbocycles. The summed E-state index contributed by atoms with van der Waals surface area (Å²) in [5, 5.41) is 3.17. The van der Waals surface area contributed by atoms with Crippen molar-refractivity contribution in [3.05, 3.63) is 52.4 Å². The highest BCUT2D eigenvalue weighted by molar-refractivity contribution is 6.01. The summed E-state index contributed by atoms with van der Waals surface area (Å²) in [7, 11) is 3.16. The van der Waals surface area contributed by atoms with Crippen molar-refractivity contribution in [2.75, 3.05) is 27.2 Å². The van der Waals surface area contributed by atoms with E-state index in [4.69, 9.17) is 9.47 Å². The molecule has 1 aromatic rings. The molecule has 1 aromatic carbocycles. The van der Waals surface area contributed by atoms with E-state index in [1.54, 1.807) is 21.1 Å². The summed E-state index contributed by atoms with van der Waals surface area (Å²) in [5.41, 5.74) is 3.03. The lowest BCUT2D eigenvalue weighted by Gasteiger charge is -2.32. The minimum Gasteiger partial charge on any atom is -0.496 e. The van der Waals surface area contributed by atoms with Crippen LogP contribution in [0.1, 0.15) is 37.7 Å². The van der Waals surface area contributed by atoms with Crippen LogP contribution in [0.2, 0.25) is 0 Å². The summed E-state index contributed by atoms with van der Waals surface area (Å²) < 4.78 is 38.7. The second-order valence-electron chi connectivity index (χ2n) is 8.48. The maximum absolute atomic E-state index is 14.1. The van der Waals surface area contributed by atoms with E-state index < -0.39 is 24.5 Å². The first-order valence-electron chi connectivity index (χ1n) is 10.3. The standard InChI is InChI=1S/C23H26F2N2O4/c1-13-16(22(29)31-21-11-27(2)12-23(21,24)25)10-17-18(26-13)8-14(9-19(17)28)15-6-4-5-7-20(15)30-3/h4-7,14,21,26H,8-12H2,1-3H3/t14-,21+/m1/s1. The van der Waals surface area contributed by atoms with Crippen LogP contribution in [0, 0.1) is 0 Å². The molecular formula is C23H26F2N2O4. The number of likely N-dealkylation sites (N-methyl/N-ethyl adjacent to an activating group) is 1. The van der Waals surface area contributed by atoms with Crippen LogP contribution in [-0.2, 0) is 14.3 Å². The lowest BCUT2D eigenvalue weighted by atomic mass is 9.78. The van der Waals surface area contributed by atoms with Gasteiger partial charge in [0, 0.05) is 42.3 Å². The van der Waals surface area contributed by atoms with Crippen LogP contribution in [0.5, 0.6) is 5.75 Å². The molecule has 0 radical (unpaired) electrons. The molecule has 0 spiro atoms. The minimum absolute atomic E-state index is 0.0219. The second kappa shape index (κ2) is 8.07. The first-order valence-corrected chi connectivity index (χ1v) is 10.3. The normalized spacial score (nSPS) is 25.9. The number of halogens is 2. The third-order valence-corrected chi connectivity index (χ3v) is 6.23. The third-order valence-electron chi connectivity index (χ3n) is 6.23. The van der Waals surface area contributed by atoms with Gasteiger partial charge in [-0.1, -0.05) is 18.2 Å². The zero-order valence-electron chi connectivity index (χ0n) is 17.8. The van der Waals surface area contributed by atoms with Crippen molar-refractivity contribution < 1.29 is 27.8 Å². The number of allylic oxidation sites excluding steroid dienone is 3. The Morgan fingerprint density at radius 1 is 1.26 bits per heavy atom. The Hall–Kier alpha value is -2.74. The van der Waals surface area contributed by atoms with Gasteiger partial charge < -0.3 is 14.8 Å². The van der Waals surface area contributed by atoms with Gasteiger partial charge in [0.15, 0.2) is 11.9 Å². The molecule has 1 aliphatic carbocycles. The van der Waals surface area contributed by atoms with Gasteiger partial charge in [0.1, 0.15) is 5.75 Å². The van der Waals surface area contributed by atoms with E-state index >= 15 is 0 Å². The van der Waals surface area contributed by atoms with Crippen LogP contribution >= 0.6 is 0 Å². The number of alkyl halides is 2. The number of esters is 1. The Labute approximate surface area is 179 Å². The van der Waals surface area contributed by atoms with E-state index in [0.717, 1.165) is 17.0 Å². The third kappa shape index (κ3) is 4.08. The molecule has 31 heavy (non-hydrogen) atoms. The molecule has 1 saturated heterocycles. The summed E-state index contributed by atoms with van der Waals surface area (Å²) in [4.78, 5) is 27.1. The molecule has 0 unspecified atom stereocenters. The number of carbonyl (C=O) groups excluding carboxylic acids is 2. The number of hydrogen-bond acceptors (Lipinski definition) is 6. The Bertz CT molecular complexity index is 986. The predicted molar refractivity (Wildman–Crippen MR) is 110 cm³/mol. The van der Waals surface area contributed by atoms with E-state index in [-0.39, 0.29) is 30.2 Å². The number of carbonyl (C=O) groups is 2. The molecule has 0 bridgehead atoms. The number of para-hydroxylation sites is 1. The highest BCUT2D eigenvalue weighted by atomic mass is 19.3. The Morgan fingerprint density at radius 3 is 2.68 bits per heavy atom. The number of hydrogen-bond donors (Lipinski definition) is 1. The average molecular weight is 432 g/mol. The quantitative estimate of drug-likeness (QED) is 0.738. The van der Waals surface area contributed by atoms with E-state index in [1.807, 2.05) is 24.3 Å². The zero-order valence-corrected chi connectivity index (χ0v) is 17.8. The molecule has 2 heterocycles. The van der Waals surface area contributed by atoms with Crippen molar-refractivity contribution >= 4 is 11.8 Å². The molecule has 2 aliphatic heterocycles. The van der Waals surface area contributed by atoms with Crippen molar-refractivity contribution in [3.63, 3.8) is 0 Å².